The molecule has 2 aromatic heterocycles. The Balaban J connectivity index is 1.92. The summed E-state index contributed by atoms with van der Waals surface area (Å²) in [5.41, 5.74) is 1.52. The number of hydrogen-bond acceptors (Lipinski definition) is 3. The quantitative estimate of drug-likeness (QED) is 0.796. The van der Waals surface area contributed by atoms with Gasteiger partial charge in [-0.3, -0.25) is 9.36 Å². The van der Waals surface area contributed by atoms with Crippen molar-refractivity contribution in [1.82, 2.24) is 9.88 Å². The standard InChI is InChI=1S/C19H17N3O2/c1-13(15-8-4-3-5-9-15)21-18(23)17-14(2)24-19(16(17)12-20)22-10-6-7-11-22/h3-11,13H,1-2H3,(H,21,23)/t13-/m0/s1. The lowest BCUT2D eigenvalue weighted by molar-refractivity contribution is 0.0938. The van der Waals surface area contributed by atoms with Crippen LogP contribution in [0, 0.1) is 18.3 Å². The third-order valence-electron chi connectivity index (χ3n) is 3.89. The average molecular weight is 319 g/mol. The number of benzene rings is 1. The van der Waals surface area contributed by atoms with Crippen LogP contribution in [-0.2, 0) is 0 Å². The topological polar surface area (TPSA) is 71.0 Å². The number of hydrogen-bond donors (Lipinski definition) is 1. The molecule has 2 heterocycles. The van der Waals surface area contributed by atoms with E-state index in [1.54, 1.807) is 23.9 Å². The first kappa shape index (κ1) is 15.6. The van der Waals surface area contributed by atoms with Crippen LogP contribution in [0.1, 0.15) is 40.2 Å². The van der Waals surface area contributed by atoms with Gasteiger partial charge in [0.25, 0.3) is 5.91 Å². The summed E-state index contributed by atoms with van der Waals surface area (Å²) in [7, 11) is 0. The number of aryl methyl sites for hydroxylation is 1. The zero-order chi connectivity index (χ0) is 17.1. The summed E-state index contributed by atoms with van der Waals surface area (Å²) in [6.07, 6.45) is 3.54. The third kappa shape index (κ3) is 2.82. The van der Waals surface area contributed by atoms with Crippen LogP contribution in [0.4, 0.5) is 0 Å². The van der Waals surface area contributed by atoms with Gasteiger partial charge in [0.15, 0.2) is 0 Å². The predicted octanol–water partition coefficient (Wildman–Crippen LogP) is 3.74. The van der Waals surface area contributed by atoms with Gasteiger partial charge in [-0.05, 0) is 31.5 Å². The Morgan fingerprint density at radius 1 is 1.21 bits per heavy atom. The molecular weight excluding hydrogens is 302 g/mol. The monoisotopic (exact) mass is 319 g/mol. The van der Waals surface area contributed by atoms with Gasteiger partial charge in [-0.2, -0.15) is 5.26 Å². The lowest BCUT2D eigenvalue weighted by Gasteiger charge is -2.14. The number of amides is 1. The van der Waals surface area contributed by atoms with E-state index in [0.29, 0.717) is 11.6 Å². The van der Waals surface area contributed by atoms with Gasteiger partial charge in [0, 0.05) is 12.4 Å². The number of nitriles is 1. The molecule has 3 rings (SSSR count). The summed E-state index contributed by atoms with van der Waals surface area (Å²) >= 11 is 0. The van der Waals surface area contributed by atoms with Crippen LogP contribution in [-0.4, -0.2) is 10.5 Å². The normalized spacial score (nSPS) is 11.7. The van der Waals surface area contributed by atoms with Gasteiger partial charge in [-0.1, -0.05) is 30.3 Å². The first-order valence-electron chi connectivity index (χ1n) is 7.64. The molecule has 0 saturated carbocycles. The third-order valence-corrected chi connectivity index (χ3v) is 3.89. The Hall–Kier alpha value is -3.26. The van der Waals surface area contributed by atoms with Gasteiger partial charge in [0.05, 0.1) is 6.04 Å². The molecule has 0 aliphatic rings. The minimum atomic E-state index is -0.317. The Kier molecular flexibility index (Phi) is 4.21. The summed E-state index contributed by atoms with van der Waals surface area (Å²) in [5, 5.41) is 12.4. The second-order valence-electron chi connectivity index (χ2n) is 5.52. The molecule has 0 radical (unpaired) electrons. The molecule has 5 nitrogen and oxygen atoms in total. The van der Waals surface area contributed by atoms with E-state index in [-0.39, 0.29) is 23.1 Å². The SMILES string of the molecule is Cc1oc(-n2cccc2)c(C#N)c1C(=O)N[C@@H](C)c1ccccc1. The zero-order valence-electron chi connectivity index (χ0n) is 13.5. The summed E-state index contributed by atoms with van der Waals surface area (Å²) in [6.45, 7) is 3.59. The van der Waals surface area contributed by atoms with Crippen molar-refractivity contribution >= 4 is 5.91 Å². The predicted molar refractivity (Wildman–Crippen MR) is 89.8 cm³/mol. The summed E-state index contributed by atoms with van der Waals surface area (Å²) in [6, 6.07) is 15.2. The number of rotatable bonds is 4. The van der Waals surface area contributed by atoms with E-state index in [1.165, 1.54) is 0 Å². The Labute approximate surface area is 140 Å². The second kappa shape index (κ2) is 6.47. The number of carbonyl (C=O) groups excluding carboxylic acids is 1. The van der Waals surface area contributed by atoms with E-state index < -0.39 is 0 Å². The molecule has 1 aromatic carbocycles. The highest BCUT2D eigenvalue weighted by Gasteiger charge is 2.25. The van der Waals surface area contributed by atoms with E-state index in [2.05, 4.69) is 11.4 Å². The van der Waals surface area contributed by atoms with Crippen molar-refractivity contribution in [3.63, 3.8) is 0 Å². The maximum absolute atomic E-state index is 12.7. The highest BCUT2D eigenvalue weighted by atomic mass is 16.4. The lowest BCUT2D eigenvalue weighted by Crippen LogP contribution is -2.27. The molecule has 3 aromatic rings. The Morgan fingerprint density at radius 3 is 2.50 bits per heavy atom. The second-order valence-corrected chi connectivity index (χ2v) is 5.52. The lowest BCUT2D eigenvalue weighted by atomic mass is 10.1. The van der Waals surface area contributed by atoms with Gasteiger partial charge in [0.1, 0.15) is 23.0 Å². The molecule has 24 heavy (non-hydrogen) atoms. The van der Waals surface area contributed by atoms with Crippen molar-refractivity contribution in [3.05, 3.63) is 77.3 Å². The number of furan rings is 1. The van der Waals surface area contributed by atoms with Crippen LogP contribution >= 0.6 is 0 Å². The smallest absolute Gasteiger partial charge is 0.256 e. The van der Waals surface area contributed by atoms with Crippen LogP contribution in [0.15, 0.2) is 59.3 Å². The number of nitrogens with one attached hydrogen (secondary N) is 1. The molecule has 0 saturated heterocycles. The zero-order valence-corrected chi connectivity index (χ0v) is 13.5. The Morgan fingerprint density at radius 2 is 1.88 bits per heavy atom. The highest BCUT2D eigenvalue weighted by Crippen LogP contribution is 2.26. The molecule has 0 bridgehead atoms. The largest absolute Gasteiger partial charge is 0.443 e. The molecule has 0 unspecified atom stereocenters. The molecule has 0 aliphatic heterocycles. The van der Waals surface area contributed by atoms with Gasteiger partial charge < -0.3 is 9.73 Å². The van der Waals surface area contributed by atoms with Gasteiger partial charge in [-0.15, -0.1) is 0 Å². The number of carbonyl (C=O) groups is 1. The van der Waals surface area contributed by atoms with E-state index >= 15 is 0 Å². The minimum absolute atomic E-state index is 0.172. The van der Waals surface area contributed by atoms with Crippen molar-refractivity contribution < 1.29 is 9.21 Å². The van der Waals surface area contributed by atoms with Crippen LogP contribution in [0.2, 0.25) is 0 Å². The van der Waals surface area contributed by atoms with Gasteiger partial charge in [0.2, 0.25) is 5.88 Å². The fourth-order valence-corrected chi connectivity index (χ4v) is 2.65. The maximum Gasteiger partial charge on any atom is 0.256 e. The van der Waals surface area contributed by atoms with E-state index in [0.717, 1.165) is 5.56 Å². The van der Waals surface area contributed by atoms with E-state index in [9.17, 15) is 10.1 Å². The van der Waals surface area contributed by atoms with Crippen LogP contribution in [0.25, 0.3) is 5.88 Å². The van der Waals surface area contributed by atoms with Crippen molar-refractivity contribution in [2.24, 2.45) is 0 Å². The molecule has 0 fully saturated rings. The molecule has 1 N–H and O–H groups in total. The van der Waals surface area contributed by atoms with E-state index in [1.807, 2.05) is 49.4 Å². The van der Waals surface area contributed by atoms with Gasteiger partial charge in [-0.25, -0.2) is 0 Å². The van der Waals surface area contributed by atoms with E-state index in [4.69, 9.17) is 4.42 Å². The molecule has 1 amide bonds. The van der Waals surface area contributed by atoms with Crippen molar-refractivity contribution in [2.45, 2.75) is 19.9 Å². The molecule has 0 spiro atoms. The van der Waals surface area contributed by atoms with Crippen molar-refractivity contribution in [2.75, 3.05) is 0 Å². The molecule has 5 heteroatoms. The average Bonchev–Trinajstić information content (AvgIpc) is 3.22. The van der Waals surface area contributed by atoms with Crippen molar-refractivity contribution in [3.8, 4) is 12.0 Å². The molecular formula is C19H17N3O2. The molecule has 120 valence electrons. The summed E-state index contributed by atoms with van der Waals surface area (Å²) in [4.78, 5) is 12.7. The molecule has 0 aliphatic carbocycles. The summed E-state index contributed by atoms with van der Waals surface area (Å²) < 4.78 is 7.35. The maximum atomic E-state index is 12.7. The van der Waals surface area contributed by atoms with Crippen LogP contribution < -0.4 is 5.32 Å². The number of aromatic nitrogens is 1. The van der Waals surface area contributed by atoms with Crippen LogP contribution in [0.5, 0.6) is 0 Å². The minimum Gasteiger partial charge on any atom is -0.443 e. The first-order chi connectivity index (χ1) is 11.6. The fraction of sp³-hybridized carbons (Fsp3) is 0.158. The highest BCUT2D eigenvalue weighted by molar-refractivity contribution is 5.98. The van der Waals surface area contributed by atoms with Crippen molar-refractivity contribution in [1.29, 1.82) is 5.26 Å². The first-order valence-corrected chi connectivity index (χ1v) is 7.64. The number of nitrogens with zero attached hydrogens (tertiary/aromatic N) is 2. The Bertz CT molecular complexity index is 887. The fourth-order valence-electron chi connectivity index (χ4n) is 2.65. The van der Waals surface area contributed by atoms with Gasteiger partial charge >= 0.3 is 0 Å². The summed E-state index contributed by atoms with van der Waals surface area (Å²) in [5.74, 6) is 0.466. The van der Waals surface area contributed by atoms with Crippen LogP contribution in [0.3, 0.4) is 0 Å². The molecule has 1 atom stereocenters.